The van der Waals surface area contributed by atoms with Crippen LogP contribution in [0.5, 0.6) is 5.75 Å². The minimum Gasteiger partial charge on any atom is -0.482 e. The molecule has 0 aliphatic carbocycles. The van der Waals surface area contributed by atoms with Crippen LogP contribution in [-0.2, 0) is 14.3 Å². The van der Waals surface area contributed by atoms with E-state index in [9.17, 15) is 9.59 Å². The first-order chi connectivity index (χ1) is 9.88. The summed E-state index contributed by atoms with van der Waals surface area (Å²) in [4.78, 5) is 23.2. The van der Waals surface area contributed by atoms with Gasteiger partial charge in [0.2, 0.25) is 0 Å². The van der Waals surface area contributed by atoms with E-state index >= 15 is 0 Å². The Kier molecular flexibility index (Phi) is 6.52. The third-order valence-electron chi connectivity index (χ3n) is 2.60. The number of nitrogens with two attached hydrogens (primary N) is 1. The van der Waals surface area contributed by atoms with E-state index in [-0.39, 0.29) is 12.5 Å². The molecule has 0 saturated heterocycles. The molecule has 0 radical (unpaired) electrons. The summed E-state index contributed by atoms with van der Waals surface area (Å²) in [7, 11) is 0. The Labute approximate surface area is 124 Å². The monoisotopic (exact) mass is 294 g/mol. The lowest BCUT2D eigenvalue weighted by molar-refractivity contribution is -0.156. The molecule has 0 aliphatic heterocycles. The summed E-state index contributed by atoms with van der Waals surface area (Å²) in [6.45, 7) is 5.78. The normalized spacial score (nSPS) is 11.8. The van der Waals surface area contributed by atoms with Gasteiger partial charge in [0.05, 0.1) is 0 Å². The molecule has 1 amide bonds. The summed E-state index contributed by atoms with van der Waals surface area (Å²) in [5.74, 6) is -0.0627. The predicted octanol–water partition coefficient (Wildman–Crippen LogP) is 1.35. The molecule has 6 nitrogen and oxygen atoms in total. The van der Waals surface area contributed by atoms with Crippen molar-refractivity contribution in [1.82, 2.24) is 5.32 Å². The SMILES string of the molecule is CC(C)CNC(=O)C(C)OC(=O)COc1ccc(N)cc1. The van der Waals surface area contributed by atoms with Crippen molar-refractivity contribution in [2.45, 2.75) is 26.9 Å². The van der Waals surface area contributed by atoms with Crippen LogP contribution in [0, 0.1) is 5.92 Å². The number of rotatable bonds is 7. The van der Waals surface area contributed by atoms with Gasteiger partial charge < -0.3 is 20.5 Å². The molecule has 1 aromatic rings. The standard InChI is InChI=1S/C15H22N2O4/c1-10(2)8-17-15(19)11(3)21-14(18)9-20-13-6-4-12(16)5-7-13/h4-7,10-11H,8-9,16H2,1-3H3,(H,17,19). The van der Waals surface area contributed by atoms with Gasteiger partial charge in [-0.2, -0.15) is 0 Å². The molecule has 6 heteroatoms. The minimum atomic E-state index is -0.841. The van der Waals surface area contributed by atoms with Crippen molar-refractivity contribution in [2.75, 3.05) is 18.9 Å². The number of amides is 1. The number of ether oxygens (including phenoxy) is 2. The molecule has 1 atom stereocenters. The van der Waals surface area contributed by atoms with E-state index in [1.807, 2.05) is 13.8 Å². The van der Waals surface area contributed by atoms with Gasteiger partial charge >= 0.3 is 5.97 Å². The highest BCUT2D eigenvalue weighted by Gasteiger charge is 2.17. The largest absolute Gasteiger partial charge is 0.482 e. The molecule has 21 heavy (non-hydrogen) atoms. The first-order valence-corrected chi connectivity index (χ1v) is 6.84. The van der Waals surface area contributed by atoms with Crippen LogP contribution in [0.15, 0.2) is 24.3 Å². The molecule has 0 bridgehead atoms. The third-order valence-corrected chi connectivity index (χ3v) is 2.60. The second-order valence-corrected chi connectivity index (χ2v) is 5.13. The van der Waals surface area contributed by atoms with Gasteiger partial charge in [0.1, 0.15) is 5.75 Å². The number of nitrogens with one attached hydrogen (secondary N) is 1. The molecule has 0 fully saturated rings. The molecule has 0 heterocycles. The number of carbonyl (C=O) groups is 2. The fraction of sp³-hybridized carbons (Fsp3) is 0.467. The van der Waals surface area contributed by atoms with Crippen LogP contribution in [0.2, 0.25) is 0 Å². The van der Waals surface area contributed by atoms with E-state index < -0.39 is 12.1 Å². The lowest BCUT2D eigenvalue weighted by Gasteiger charge is -2.14. The van der Waals surface area contributed by atoms with E-state index in [1.165, 1.54) is 6.92 Å². The molecule has 0 saturated carbocycles. The molecule has 0 aromatic heterocycles. The van der Waals surface area contributed by atoms with E-state index in [1.54, 1.807) is 24.3 Å². The first kappa shape index (κ1) is 16.8. The average molecular weight is 294 g/mol. The summed E-state index contributed by atoms with van der Waals surface area (Å²) < 4.78 is 10.2. The quantitative estimate of drug-likeness (QED) is 0.585. The second-order valence-electron chi connectivity index (χ2n) is 5.13. The number of hydrogen-bond donors (Lipinski definition) is 2. The first-order valence-electron chi connectivity index (χ1n) is 6.84. The zero-order valence-corrected chi connectivity index (χ0v) is 12.6. The van der Waals surface area contributed by atoms with Crippen molar-refractivity contribution in [3.05, 3.63) is 24.3 Å². The van der Waals surface area contributed by atoms with Gasteiger partial charge in [-0.05, 0) is 37.1 Å². The number of nitrogen functional groups attached to an aromatic ring is 1. The topological polar surface area (TPSA) is 90.6 Å². The van der Waals surface area contributed by atoms with Crippen molar-refractivity contribution in [3.8, 4) is 5.75 Å². The highest BCUT2D eigenvalue weighted by molar-refractivity contribution is 5.83. The third kappa shape index (κ3) is 6.65. The minimum absolute atomic E-state index is 0.258. The molecular formula is C15H22N2O4. The van der Waals surface area contributed by atoms with Crippen LogP contribution in [-0.4, -0.2) is 31.1 Å². The van der Waals surface area contributed by atoms with Crippen LogP contribution >= 0.6 is 0 Å². The van der Waals surface area contributed by atoms with Crippen LogP contribution in [0.25, 0.3) is 0 Å². The summed E-state index contributed by atoms with van der Waals surface area (Å²) >= 11 is 0. The predicted molar refractivity (Wildman–Crippen MR) is 79.8 cm³/mol. The Morgan fingerprint density at radius 3 is 2.38 bits per heavy atom. The molecule has 1 unspecified atom stereocenters. The van der Waals surface area contributed by atoms with Crippen molar-refractivity contribution in [2.24, 2.45) is 5.92 Å². The van der Waals surface area contributed by atoms with Gasteiger partial charge in [0, 0.05) is 12.2 Å². The Hall–Kier alpha value is -2.24. The number of carbonyl (C=O) groups excluding carboxylic acids is 2. The molecule has 0 spiro atoms. The Morgan fingerprint density at radius 1 is 1.19 bits per heavy atom. The maximum atomic E-state index is 11.7. The summed E-state index contributed by atoms with van der Waals surface area (Å²) in [6.07, 6.45) is -0.841. The lowest BCUT2D eigenvalue weighted by Crippen LogP contribution is -2.38. The summed E-state index contributed by atoms with van der Waals surface area (Å²) in [5.41, 5.74) is 6.15. The van der Waals surface area contributed by atoms with Gasteiger partial charge in [-0.15, -0.1) is 0 Å². The van der Waals surface area contributed by atoms with E-state index in [4.69, 9.17) is 15.2 Å². The number of anilines is 1. The average Bonchev–Trinajstić information content (AvgIpc) is 2.44. The Balaban J connectivity index is 2.32. The van der Waals surface area contributed by atoms with Crippen molar-refractivity contribution in [3.63, 3.8) is 0 Å². The van der Waals surface area contributed by atoms with Gasteiger partial charge in [-0.3, -0.25) is 4.79 Å². The zero-order chi connectivity index (χ0) is 15.8. The summed E-state index contributed by atoms with van der Waals surface area (Å²) in [5, 5.41) is 2.70. The van der Waals surface area contributed by atoms with Gasteiger partial charge in [-0.25, -0.2) is 4.79 Å². The van der Waals surface area contributed by atoms with E-state index in [2.05, 4.69) is 5.32 Å². The van der Waals surface area contributed by atoms with Crippen molar-refractivity contribution < 1.29 is 19.1 Å². The maximum Gasteiger partial charge on any atom is 0.344 e. The van der Waals surface area contributed by atoms with Crippen LogP contribution in [0.3, 0.4) is 0 Å². The van der Waals surface area contributed by atoms with Gasteiger partial charge in [0.15, 0.2) is 12.7 Å². The van der Waals surface area contributed by atoms with E-state index in [0.717, 1.165) is 0 Å². The van der Waals surface area contributed by atoms with Gasteiger partial charge in [-0.1, -0.05) is 13.8 Å². The number of hydrogen-bond acceptors (Lipinski definition) is 5. The maximum absolute atomic E-state index is 11.7. The van der Waals surface area contributed by atoms with Crippen molar-refractivity contribution >= 4 is 17.6 Å². The van der Waals surface area contributed by atoms with E-state index in [0.29, 0.717) is 23.9 Å². The molecule has 1 aromatic carbocycles. The summed E-state index contributed by atoms with van der Waals surface area (Å²) in [6, 6.07) is 6.65. The zero-order valence-electron chi connectivity index (χ0n) is 12.6. The van der Waals surface area contributed by atoms with Crippen LogP contribution in [0.1, 0.15) is 20.8 Å². The highest BCUT2D eigenvalue weighted by Crippen LogP contribution is 2.12. The van der Waals surface area contributed by atoms with Gasteiger partial charge in [0.25, 0.3) is 5.91 Å². The molecule has 116 valence electrons. The van der Waals surface area contributed by atoms with Crippen LogP contribution < -0.4 is 15.8 Å². The highest BCUT2D eigenvalue weighted by atomic mass is 16.6. The molecular weight excluding hydrogens is 272 g/mol. The van der Waals surface area contributed by atoms with Crippen molar-refractivity contribution in [1.29, 1.82) is 0 Å². The molecule has 0 aliphatic rings. The lowest BCUT2D eigenvalue weighted by atomic mass is 10.2. The second kappa shape index (κ2) is 8.14. The fourth-order valence-corrected chi connectivity index (χ4v) is 1.44. The molecule has 1 rings (SSSR count). The number of benzene rings is 1. The Morgan fingerprint density at radius 2 is 1.81 bits per heavy atom. The number of esters is 1. The Bertz CT molecular complexity index is 471. The smallest absolute Gasteiger partial charge is 0.344 e. The molecule has 3 N–H and O–H groups in total. The van der Waals surface area contributed by atoms with Crippen LogP contribution in [0.4, 0.5) is 5.69 Å². The fourth-order valence-electron chi connectivity index (χ4n) is 1.44.